The molecule has 4 heterocycles. The quantitative estimate of drug-likeness (QED) is 0.720. The number of pyridine rings is 1. The molecule has 1 fully saturated rings. The minimum absolute atomic E-state index is 0.112. The van der Waals surface area contributed by atoms with E-state index in [4.69, 9.17) is 4.52 Å². The Morgan fingerprint density at radius 1 is 1.36 bits per heavy atom. The number of thiophene rings is 1. The molecule has 0 aromatic carbocycles. The fourth-order valence-electron chi connectivity index (χ4n) is 3.09. The number of rotatable bonds is 4. The zero-order chi connectivity index (χ0) is 17.1. The molecule has 7 heteroatoms. The first-order valence-electron chi connectivity index (χ1n) is 8.33. The summed E-state index contributed by atoms with van der Waals surface area (Å²) in [5, 5.41) is 8.15. The maximum Gasteiger partial charge on any atom is 0.276 e. The highest BCUT2D eigenvalue weighted by molar-refractivity contribution is 7.08. The predicted octanol–water partition coefficient (Wildman–Crippen LogP) is 3.14. The van der Waals surface area contributed by atoms with Crippen LogP contribution in [0.25, 0.3) is 11.6 Å². The first-order chi connectivity index (χ1) is 12.3. The third-order valence-electron chi connectivity index (χ3n) is 4.40. The van der Waals surface area contributed by atoms with Crippen molar-refractivity contribution in [3.8, 4) is 11.6 Å². The van der Waals surface area contributed by atoms with E-state index in [1.54, 1.807) is 17.5 Å². The molecule has 0 aliphatic carbocycles. The summed E-state index contributed by atoms with van der Waals surface area (Å²) in [6.45, 7) is 1.44. The average Bonchev–Trinajstić information content (AvgIpc) is 3.34. The summed E-state index contributed by atoms with van der Waals surface area (Å²) in [6.07, 6.45) is 4.07. The van der Waals surface area contributed by atoms with Crippen LogP contribution in [-0.4, -0.2) is 39.0 Å². The Hall–Kier alpha value is -2.54. The second kappa shape index (κ2) is 7.14. The molecule has 128 valence electrons. The molecule has 3 aromatic heterocycles. The number of hydrogen-bond donors (Lipinski definition) is 0. The van der Waals surface area contributed by atoms with Crippen molar-refractivity contribution in [1.29, 1.82) is 0 Å². The molecule has 4 rings (SSSR count). The van der Waals surface area contributed by atoms with E-state index in [9.17, 15) is 4.79 Å². The van der Waals surface area contributed by atoms with E-state index in [1.165, 1.54) is 0 Å². The second-order valence-electron chi connectivity index (χ2n) is 6.16. The molecular formula is C18H18N4O2S. The van der Waals surface area contributed by atoms with Crippen LogP contribution in [-0.2, 0) is 11.2 Å². The Balaban J connectivity index is 1.44. The number of hydrogen-bond acceptors (Lipinski definition) is 6. The normalized spacial score (nSPS) is 17.6. The van der Waals surface area contributed by atoms with E-state index in [1.807, 2.05) is 39.9 Å². The summed E-state index contributed by atoms with van der Waals surface area (Å²) in [4.78, 5) is 23.2. The minimum Gasteiger partial charge on any atom is -0.342 e. The molecule has 6 nitrogen and oxygen atoms in total. The lowest BCUT2D eigenvalue weighted by Crippen LogP contribution is -2.40. The number of carbonyl (C=O) groups excluding carboxylic acids is 1. The maximum absolute atomic E-state index is 12.5. The molecule has 0 radical (unpaired) electrons. The Kier molecular flexibility index (Phi) is 4.56. The van der Waals surface area contributed by atoms with Gasteiger partial charge in [0.25, 0.3) is 5.89 Å². The van der Waals surface area contributed by atoms with Gasteiger partial charge in [0.15, 0.2) is 5.82 Å². The molecule has 1 saturated heterocycles. The number of piperidine rings is 1. The number of nitrogens with zero attached hydrogens (tertiary/aromatic N) is 4. The van der Waals surface area contributed by atoms with Gasteiger partial charge in [0.05, 0.1) is 6.42 Å². The molecule has 0 unspecified atom stereocenters. The van der Waals surface area contributed by atoms with E-state index in [-0.39, 0.29) is 11.8 Å². The third-order valence-corrected chi connectivity index (χ3v) is 5.13. The average molecular weight is 354 g/mol. The molecular weight excluding hydrogens is 336 g/mol. The van der Waals surface area contributed by atoms with Crippen LogP contribution in [0, 0.1) is 0 Å². The largest absolute Gasteiger partial charge is 0.342 e. The lowest BCUT2D eigenvalue weighted by atomic mass is 9.97. The van der Waals surface area contributed by atoms with Gasteiger partial charge in [0, 0.05) is 25.2 Å². The zero-order valence-electron chi connectivity index (χ0n) is 13.7. The van der Waals surface area contributed by atoms with Gasteiger partial charge >= 0.3 is 0 Å². The van der Waals surface area contributed by atoms with Gasteiger partial charge in [-0.1, -0.05) is 11.2 Å². The Bertz CT molecular complexity index is 832. The lowest BCUT2D eigenvalue weighted by Gasteiger charge is -2.31. The first-order valence-corrected chi connectivity index (χ1v) is 9.28. The van der Waals surface area contributed by atoms with Crippen molar-refractivity contribution in [2.75, 3.05) is 13.1 Å². The van der Waals surface area contributed by atoms with E-state index in [0.29, 0.717) is 30.4 Å². The molecule has 0 N–H and O–H groups in total. The summed E-state index contributed by atoms with van der Waals surface area (Å²) >= 11 is 1.62. The van der Waals surface area contributed by atoms with Gasteiger partial charge in [-0.05, 0) is 47.4 Å². The van der Waals surface area contributed by atoms with Crippen LogP contribution in [0.5, 0.6) is 0 Å². The van der Waals surface area contributed by atoms with Crippen LogP contribution in [0.2, 0.25) is 0 Å². The summed E-state index contributed by atoms with van der Waals surface area (Å²) in [5.41, 5.74) is 1.75. The standard InChI is InChI=1S/C18H18N4O2S/c23-16(10-13-6-9-25-12-13)22-8-3-4-14(11-22)17-20-18(24-21-17)15-5-1-2-7-19-15/h1-2,5-7,9,12,14H,3-4,8,10-11H2/t14-/m0/s1. The van der Waals surface area contributed by atoms with Gasteiger partial charge in [-0.25, -0.2) is 0 Å². The van der Waals surface area contributed by atoms with Crippen LogP contribution in [0.1, 0.15) is 30.1 Å². The Labute approximate surface area is 149 Å². The molecule has 1 aliphatic heterocycles. The summed E-state index contributed by atoms with van der Waals surface area (Å²) in [7, 11) is 0. The molecule has 1 amide bonds. The van der Waals surface area contributed by atoms with Crippen molar-refractivity contribution in [2.45, 2.75) is 25.2 Å². The van der Waals surface area contributed by atoms with Crippen molar-refractivity contribution in [2.24, 2.45) is 0 Å². The fourth-order valence-corrected chi connectivity index (χ4v) is 3.76. The van der Waals surface area contributed by atoms with Gasteiger partial charge < -0.3 is 9.42 Å². The highest BCUT2D eigenvalue weighted by atomic mass is 32.1. The SMILES string of the molecule is O=C(Cc1ccsc1)N1CCC[C@H](c2noc(-c3ccccn3)n2)C1. The molecule has 0 spiro atoms. The summed E-state index contributed by atoms with van der Waals surface area (Å²) in [6, 6.07) is 7.58. The van der Waals surface area contributed by atoms with Crippen molar-refractivity contribution >= 4 is 17.2 Å². The molecule has 3 aromatic rings. The van der Waals surface area contributed by atoms with Crippen molar-refractivity contribution in [1.82, 2.24) is 20.0 Å². The van der Waals surface area contributed by atoms with E-state index < -0.39 is 0 Å². The number of aromatic nitrogens is 3. The van der Waals surface area contributed by atoms with Crippen molar-refractivity contribution < 1.29 is 9.32 Å². The first kappa shape index (κ1) is 16.0. The van der Waals surface area contributed by atoms with E-state index in [0.717, 1.165) is 24.9 Å². The van der Waals surface area contributed by atoms with Crippen molar-refractivity contribution in [3.05, 3.63) is 52.6 Å². The number of carbonyl (C=O) groups is 1. The third kappa shape index (κ3) is 3.61. The highest BCUT2D eigenvalue weighted by Crippen LogP contribution is 2.27. The van der Waals surface area contributed by atoms with E-state index >= 15 is 0 Å². The molecule has 0 saturated carbocycles. The number of likely N-dealkylation sites (tertiary alicyclic amines) is 1. The van der Waals surface area contributed by atoms with E-state index in [2.05, 4.69) is 15.1 Å². The zero-order valence-corrected chi connectivity index (χ0v) is 14.5. The van der Waals surface area contributed by atoms with Crippen LogP contribution in [0.4, 0.5) is 0 Å². The Morgan fingerprint density at radius 3 is 3.12 bits per heavy atom. The second-order valence-corrected chi connectivity index (χ2v) is 6.94. The molecule has 1 aliphatic rings. The van der Waals surface area contributed by atoms with Crippen molar-refractivity contribution in [3.63, 3.8) is 0 Å². The van der Waals surface area contributed by atoms with Gasteiger partial charge in [0.1, 0.15) is 5.69 Å². The fraction of sp³-hybridized carbons (Fsp3) is 0.333. The minimum atomic E-state index is 0.112. The molecule has 0 bridgehead atoms. The van der Waals surface area contributed by atoms with Crippen LogP contribution in [0.3, 0.4) is 0 Å². The van der Waals surface area contributed by atoms with Crippen LogP contribution in [0.15, 0.2) is 45.7 Å². The van der Waals surface area contributed by atoms with Gasteiger partial charge in [-0.2, -0.15) is 16.3 Å². The van der Waals surface area contributed by atoms with Gasteiger partial charge in [-0.3, -0.25) is 9.78 Å². The number of amides is 1. The Morgan fingerprint density at radius 2 is 2.32 bits per heavy atom. The molecule has 25 heavy (non-hydrogen) atoms. The summed E-state index contributed by atoms with van der Waals surface area (Å²) < 4.78 is 5.36. The smallest absolute Gasteiger partial charge is 0.276 e. The predicted molar refractivity (Wildman–Crippen MR) is 94.1 cm³/mol. The van der Waals surface area contributed by atoms with Crippen LogP contribution >= 0.6 is 11.3 Å². The monoisotopic (exact) mass is 354 g/mol. The summed E-state index contributed by atoms with van der Waals surface area (Å²) in [5.74, 6) is 1.36. The lowest BCUT2D eigenvalue weighted by molar-refractivity contribution is -0.131. The molecule has 1 atom stereocenters. The highest BCUT2D eigenvalue weighted by Gasteiger charge is 2.28. The maximum atomic E-state index is 12.5. The van der Waals surface area contributed by atoms with Crippen LogP contribution < -0.4 is 0 Å². The topological polar surface area (TPSA) is 72.1 Å². The van der Waals surface area contributed by atoms with Gasteiger partial charge in [0.2, 0.25) is 5.91 Å². The van der Waals surface area contributed by atoms with Gasteiger partial charge in [-0.15, -0.1) is 0 Å².